The minimum Gasteiger partial charge on any atom is -0.380 e. The normalized spacial score (nSPS) is 38.8. The van der Waals surface area contributed by atoms with E-state index in [0.29, 0.717) is 18.1 Å². The molecule has 3 heteroatoms. The Bertz CT molecular complexity index is 241. The lowest BCUT2D eigenvalue weighted by atomic mass is 9.85. The highest BCUT2D eigenvalue weighted by molar-refractivity contribution is 4.92. The van der Waals surface area contributed by atoms with Gasteiger partial charge in [-0.3, -0.25) is 4.90 Å². The number of rotatable bonds is 4. The van der Waals surface area contributed by atoms with Gasteiger partial charge in [-0.1, -0.05) is 13.8 Å². The Balaban J connectivity index is 1.88. The maximum absolute atomic E-state index is 5.65. The van der Waals surface area contributed by atoms with E-state index in [1.165, 1.54) is 32.2 Å². The van der Waals surface area contributed by atoms with Gasteiger partial charge >= 0.3 is 0 Å². The second kappa shape index (κ2) is 6.88. The Morgan fingerprint density at radius 2 is 2.11 bits per heavy atom. The van der Waals surface area contributed by atoms with Gasteiger partial charge in [0.25, 0.3) is 0 Å². The molecule has 2 rings (SSSR count). The van der Waals surface area contributed by atoms with Crippen molar-refractivity contribution >= 4 is 0 Å². The first kappa shape index (κ1) is 14.3. The minimum atomic E-state index is 0.670. The van der Waals surface area contributed by atoms with Crippen molar-refractivity contribution in [3.63, 3.8) is 0 Å². The van der Waals surface area contributed by atoms with Crippen molar-refractivity contribution in [1.29, 1.82) is 0 Å². The molecule has 0 saturated carbocycles. The Labute approximate surface area is 112 Å². The van der Waals surface area contributed by atoms with Gasteiger partial charge in [-0.2, -0.15) is 0 Å². The third-order valence-electron chi connectivity index (χ3n) is 4.88. The molecule has 0 aromatic carbocycles. The van der Waals surface area contributed by atoms with Crippen molar-refractivity contribution in [1.82, 2.24) is 10.2 Å². The molecule has 2 aliphatic heterocycles. The van der Waals surface area contributed by atoms with E-state index in [4.69, 9.17) is 4.74 Å². The summed E-state index contributed by atoms with van der Waals surface area (Å²) in [4.78, 5) is 2.70. The lowest BCUT2D eigenvalue weighted by molar-refractivity contribution is -0.0276. The maximum Gasteiger partial charge on any atom is 0.0621 e. The molecule has 0 radical (unpaired) electrons. The third kappa shape index (κ3) is 3.25. The van der Waals surface area contributed by atoms with Crippen LogP contribution in [-0.2, 0) is 4.74 Å². The molecule has 106 valence electrons. The average Bonchev–Trinajstić information content (AvgIpc) is 2.41. The fourth-order valence-electron chi connectivity index (χ4n) is 3.51. The SMILES string of the molecule is CCCNC1CCN(C2CCCOC2)C(C)C1C. The summed E-state index contributed by atoms with van der Waals surface area (Å²) >= 11 is 0. The molecule has 2 fully saturated rings. The summed E-state index contributed by atoms with van der Waals surface area (Å²) in [5, 5.41) is 3.72. The second-order valence-electron chi connectivity index (χ2n) is 6.06. The fraction of sp³-hybridized carbons (Fsp3) is 1.00. The summed E-state index contributed by atoms with van der Waals surface area (Å²) < 4.78 is 5.65. The number of nitrogens with zero attached hydrogens (tertiary/aromatic N) is 1. The van der Waals surface area contributed by atoms with E-state index >= 15 is 0 Å². The summed E-state index contributed by atoms with van der Waals surface area (Å²) in [6, 6.07) is 2.06. The molecule has 18 heavy (non-hydrogen) atoms. The molecule has 3 nitrogen and oxygen atoms in total. The predicted molar refractivity (Wildman–Crippen MR) is 75.9 cm³/mol. The summed E-state index contributed by atoms with van der Waals surface area (Å²) in [5.41, 5.74) is 0. The molecule has 0 aliphatic carbocycles. The molecule has 2 heterocycles. The third-order valence-corrected chi connectivity index (χ3v) is 4.88. The highest BCUT2D eigenvalue weighted by Gasteiger charge is 2.35. The van der Waals surface area contributed by atoms with E-state index in [9.17, 15) is 0 Å². The molecular weight excluding hydrogens is 224 g/mol. The maximum atomic E-state index is 5.65. The van der Waals surface area contributed by atoms with Gasteiger partial charge in [0.15, 0.2) is 0 Å². The van der Waals surface area contributed by atoms with Crippen molar-refractivity contribution in [2.24, 2.45) is 5.92 Å². The van der Waals surface area contributed by atoms with Crippen LogP contribution in [0.15, 0.2) is 0 Å². The van der Waals surface area contributed by atoms with E-state index in [-0.39, 0.29) is 0 Å². The largest absolute Gasteiger partial charge is 0.380 e. The predicted octanol–water partition coefficient (Wildman–Crippen LogP) is 2.26. The summed E-state index contributed by atoms with van der Waals surface area (Å²) in [6.07, 6.45) is 5.09. The van der Waals surface area contributed by atoms with Crippen LogP contribution in [0.2, 0.25) is 0 Å². The van der Waals surface area contributed by atoms with Gasteiger partial charge < -0.3 is 10.1 Å². The highest BCUT2D eigenvalue weighted by atomic mass is 16.5. The van der Waals surface area contributed by atoms with Crippen LogP contribution < -0.4 is 5.32 Å². The monoisotopic (exact) mass is 254 g/mol. The first-order chi connectivity index (χ1) is 8.74. The van der Waals surface area contributed by atoms with Crippen LogP contribution in [-0.4, -0.2) is 49.3 Å². The number of ether oxygens (including phenoxy) is 1. The van der Waals surface area contributed by atoms with Gasteiger partial charge in [0.2, 0.25) is 0 Å². The standard InChI is InChI=1S/C15H30N2O/c1-4-8-16-15-7-9-17(13(3)12(15)2)14-6-5-10-18-11-14/h12-16H,4-11H2,1-3H3. The lowest BCUT2D eigenvalue weighted by Gasteiger charge is -2.47. The van der Waals surface area contributed by atoms with Gasteiger partial charge in [-0.15, -0.1) is 0 Å². The molecule has 0 aromatic rings. The van der Waals surface area contributed by atoms with E-state index in [2.05, 4.69) is 31.0 Å². The van der Waals surface area contributed by atoms with Crippen molar-refractivity contribution in [2.45, 2.75) is 64.6 Å². The number of likely N-dealkylation sites (tertiary alicyclic amines) is 1. The van der Waals surface area contributed by atoms with Crippen molar-refractivity contribution in [3.8, 4) is 0 Å². The Kier molecular flexibility index (Phi) is 5.46. The molecular formula is C15H30N2O. The lowest BCUT2D eigenvalue weighted by Crippen LogP contribution is -2.57. The van der Waals surface area contributed by atoms with Gasteiger partial charge in [0.05, 0.1) is 6.61 Å². The average molecular weight is 254 g/mol. The molecule has 0 spiro atoms. The van der Waals surface area contributed by atoms with Crippen LogP contribution >= 0.6 is 0 Å². The zero-order valence-corrected chi connectivity index (χ0v) is 12.3. The van der Waals surface area contributed by atoms with Crippen molar-refractivity contribution < 1.29 is 4.74 Å². The zero-order chi connectivity index (χ0) is 13.0. The number of piperidine rings is 1. The quantitative estimate of drug-likeness (QED) is 0.833. The summed E-state index contributed by atoms with van der Waals surface area (Å²) in [6.45, 7) is 11.4. The Morgan fingerprint density at radius 1 is 1.28 bits per heavy atom. The fourth-order valence-corrected chi connectivity index (χ4v) is 3.51. The van der Waals surface area contributed by atoms with Crippen LogP contribution in [0.4, 0.5) is 0 Å². The van der Waals surface area contributed by atoms with Crippen LogP contribution in [0.3, 0.4) is 0 Å². The van der Waals surface area contributed by atoms with Gasteiger partial charge in [-0.05, 0) is 45.1 Å². The molecule has 0 bridgehead atoms. The number of nitrogens with one attached hydrogen (secondary N) is 1. The van der Waals surface area contributed by atoms with E-state index < -0.39 is 0 Å². The minimum absolute atomic E-state index is 0.670. The van der Waals surface area contributed by atoms with Crippen molar-refractivity contribution in [3.05, 3.63) is 0 Å². The zero-order valence-electron chi connectivity index (χ0n) is 12.3. The first-order valence-electron chi connectivity index (χ1n) is 7.81. The Morgan fingerprint density at radius 3 is 2.78 bits per heavy atom. The van der Waals surface area contributed by atoms with E-state index in [1.807, 2.05) is 0 Å². The van der Waals surface area contributed by atoms with Crippen LogP contribution in [0, 0.1) is 5.92 Å². The van der Waals surface area contributed by atoms with Crippen LogP contribution in [0.25, 0.3) is 0 Å². The van der Waals surface area contributed by atoms with Gasteiger partial charge in [0, 0.05) is 31.3 Å². The van der Waals surface area contributed by atoms with Gasteiger partial charge in [-0.25, -0.2) is 0 Å². The van der Waals surface area contributed by atoms with E-state index in [1.54, 1.807) is 0 Å². The van der Waals surface area contributed by atoms with E-state index in [0.717, 1.165) is 25.7 Å². The van der Waals surface area contributed by atoms with Crippen LogP contribution in [0.1, 0.15) is 46.5 Å². The van der Waals surface area contributed by atoms with Gasteiger partial charge in [0.1, 0.15) is 0 Å². The van der Waals surface area contributed by atoms with Crippen molar-refractivity contribution in [2.75, 3.05) is 26.3 Å². The molecule has 4 unspecified atom stereocenters. The molecule has 4 atom stereocenters. The highest BCUT2D eigenvalue weighted by Crippen LogP contribution is 2.28. The Hall–Kier alpha value is -0.120. The first-order valence-corrected chi connectivity index (χ1v) is 7.81. The summed E-state index contributed by atoms with van der Waals surface area (Å²) in [5.74, 6) is 0.743. The molecule has 2 aliphatic rings. The molecule has 0 aromatic heterocycles. The second-order valence-corrected chi connectivity index (χ2v) is 6.06. The summed E-state index contributed by atoms with van der Waals surface area (Å²) in [7, 11) is 0. The topological polar surface area (TPSA) is 24.5 Å². The number of hydrogen-bond donors (Lipinski definition) is 1. The van der Waals surface area contributed by atoms with Crippen LogP contribution in [0.5, 0.6) is 0 Å². The molecule has 2 saturated heterocycles. The molecule has 1 N–H and O–H groups in total. The molecule has 0 amide bonds. The number of hydrogen-bond acceptors (Lipinski definition) is 3. The smallest absolute Gasteiger partial charge is 0.0621 e.